The topological polar surface area (TPSA) is 60.5 Å². The fourth-order valence-electron chi connectivity index (χ4n) is 2.07. The van der Waals surface area contributed by atoms with Gasteiger partial charge in [-0.15, -0.1) is 0 Å². The van der Waals surface area contributed by atoms with Gasteiger partial charge in [0.1, 0.15) is 11.5 Å². The molecule has 1 aromatic carbocycles. The zero-order valence-electron chi connectivity index (χ0n) is 14.2. The van der Waals surface area contributed by atoms with Crippen LogP contribution in [-0.4, -0.2) is 23.5 Å². The Morgan fingerprint density at radius 3 is 2.50 bits per heavy atom. The summed E-state index contributed by atoms with van der Waals surface area (Å²) in [5.41, 5.74) is 0.936. The number of nitrogens with one attached hydrogen (secondary N) is 1. The number of amides is 1. The molecule has 1 aromatic heterocycles. The molecule has 0 aliphatic rings. The van der Waals surface area contributed by atoms with E-state index in [0.717, 1.165) is 11.3 Å². The molecule has 0 bridgehead atoms. The first kappa shape index (κ1) is 17.5. The molecule has 0 unspecified atom stereocenters. The molecule has 5 nitrogen and oxygen atoms in total. The molecule has 1 heterocycles. The third-order valence-electron chi connectivity index (χ3n) is 3.12. The Kier molecular flexibility index (Phi) is 6.37. The predicted octanol–water partition coefficient (Wildman–Crippen LogP) is 3.81. The van der Waals surface area contributed by atoms with Gasteiger partial charge in [0.15, 0.2) is 0 Å². The number of ether oxygens (including phenoxy) is 2. The molecule has 0 fully saturated rings. The van der Waals surface area contributed by atoms with Crippen LogP contribution in [0.1, 0.15) is 26.3 Å². The van der Waals surface area contributed by atoms with E-state index < -0.39 is 0 Å². The Balaban J connectivity index is 1.94. The van der Waals surface area contributed by atoms with Gasteiger partial charge >= 0.3 is 0 Å². The van der Waals surface area contributed by atoms with Gasteiger partial charge in [0.2, 0.25) is 11.8 Å². The minimum absolute atomic E-state index is 0.0257. The molecular formula is C19H22N2O3. The molecule has 126 valence electrons. The van der Waals surface area contributed by atoms with Crippen molar-refractivity contribution in [2.75, 3.05) is 6.61 Å². The highest BCUT2D eigenvalue weighted by Gasteiger charge is 2.01. The number of nitrogens with zero attached hydrogens (tertiary/aromatic N) is 1. The van der Waals surface area contributed by atoms with E-state index in [1.807, 2.05) is 56.3 Å². The van der Waals surface area contributed by atoms with Crippen LogP contribution < -0.4 is 14.8 Å². The van der Waals surface area contributed by atoms with Crippen molar-refractivity contribution in [1.29, 1.82) is 0 Å². The molecule has 24 heavy (non-hydrogen) atoms. The molecule has 1 amide bonds. The van der Waals surface area contributed by atoms with Crippen molar-refractivity contribution in [3.63, 3.8) is 0 Å². The van der Waals surface area contributed by atoms with Crippen LogP contribution >= 0.6 is 0 Å². The first-order valence-corrected chi connectivity index (χ1v) is 7.89. The van der Waals surface area contributed by atoms with Gasteiger partial charge in [-0.25, -0.2) is 4.98 Å². The molecule has 0 saturated heterocycles. The Morgan fingerprint density at radius 2 is 1.92 bits per heavy atom. The van der Waals surface area contributed by atoms with E-state index in [1.54, 1.807) is 12.3 Å². The monoisotopic (exact) mass is 326 g/mol. The molecule has 1 N–H and O–H groups in total. The summed E-state index contributed by atoms with van der Waals surface area (Å²) in [6.45, 7) is 5.99. The molecule has 2 rings (SSSR count). The average molecular weight is 326 g/mol. The number of carbonyl (C=O) groups is 1. The summed E-state index contributed by atoms with van der Waals surface area (Å²) in [6, 6.07) is 11.1. The molecule has 1 atom stereocenters. The number of rotatable bonds is 7. The van der Waals surface area contributed by atoms with Crippen LogP contribution in [0.5, 0.6) is 17.4 Å². The Morgan fingerprint density at radius 1 is 1.21 bits per heavy atom. The summed E-state index contributed by atoms with van der Waals surface area (Å²) in [5, 5.41) is 2.79. The first-order valence-electron chi connectivity index (χ1n) is 7.89. The summed E-state index contributed by atoms with van der Waals surface area (Å²) in [6.07, 6.45) is 5.54. The molecular weight excluding hydrogens is 304 g/mol. The van der Waals surface area contributed by atoms with Gasteiger partial charge in [0, 0.05) is 25.2 Å². The Labute approximate surface area is 142 Å². The van der Waals surface area contributed by atoms with E-state index >= 15 is 0 Å². The quantitative estimate of drug-likeness (QED) is 0.840. The van der Waals surface area contributed by atoms with Crippen LogP contribution in [0.2, 0.25) is 0 Å². The number of aromatic nitrogens is 1. The van der Waals surface area contributed by atoms with Crippen LogP contribution in [0.4, 0.5) is 0 Å². The van der Waals surface area contributed by atoms with E-state index in [4.69, 9.17) is 9.47 Å². The number of pyridine rings is 1. The van der Waals surface area contributed by atoms with Crippen molar-refractivity contribution < 1.29 is 14.3 Å². The van der Waals surface area contributed by atoms with Crippen LogP contribution in [0, 0.1) is 0 Å². The van der Waals surface area contributed by atoms with Crippen molar-refractivity contribution in [2.24, 2.45) is 0 Å². The normalized spacial score (nSPS) is 12.0. The molecule has 0 saturated carbocycles. The number of hydrogen-bond donors (Lipinski definition) is 1. The van der Waals surface area contributed by atoms with Crippen molar-refractivity contribution >= 4 is 12.0 Å². The largest absolute Gasteiger partial charge is 0.494 e. The van der Waals surface area contributed by atoms with Crippen molar-refractivity contribution in [3.05, 3.63) is 54.2 Å². The highest BCUT2D eigenvalue weighted by atomic mass is 16.5. The van der Waals surface area contributed by atoms with Gasteiger partial charge in [-0.1, -0.05) is 12.2 Å². The first-order chi connectivity index (χ1) is 11.6. The standard InChI is InChI=1S/C19H22N2O3/c1-4-23-17-8-10-18(11-9-17)24-19-12-7-16(13-20-19)6-5-14(2)21-15(3)22/h5-14H,4H2,1-3H3,(H,21,22)/t14-/m0/s1. The molecule has 0 aliphatic heterocycles. The number of carbonyl (C=O) groups excluding carboxylic acids is 1. The number of benzene rings is 1. The molecule has 2 aromatic rings. The molecule has 5 heteroatoms. The summed E-state index contributed by atoms with van der Waals surface area (Å²) in [5.74, 6) is 1.98. The van der Waals surface area contributed by atoms with E-state index in [-0.39, 0.29) is 11.9 Å². The van der Waals surface area contributed by atoms with Gasteiger partial charge < -0.3 is 14.8 Å². The van der Waals surface area contributed by atoms with Gasteiger partial charge in [0.25, 0.3) is 0 Å². The smallest absolute Gasteiger partial charge is 0.219 e. The van der Waals surface area contributed by atoms with Gasteiger partial charge in [0.05, 0.1) is 6.61 Å². The van der Waals surface area contributed by atoms with E-state index in [2.05, 4.69) is 10.3 Å². The minimum Gasteiger partial charge on any atom is -0.494 e. The van der Waals surface area contributed by atoms with Gasteiger partial charge in [-0.2, -0.15) is 0 Å². The second-order valence-electron chi connectivity index (χ2n) is 5.28. The van der Waals surface area contributed by atoms with Gasteiger partial charge in [-0.3, -0.25) is 4.79 Å². The van der Waals surface area contributed by atoms with E-state index in [0.29, 0.717) is 18.2 Å². The summed E-state index contributed by atoms with van der Waals surface area (Å²) >= 11 is 0. The lowest BCUT2D eigenvalue weighted by Gasteiger charge is -2.07. The van der Waals surface area contributed by atoms with Crippen molar-refractivity contribution in [2.45, 2.75) is 26.8 Å². The van der Waals surface area contributed by atoms with Crippen LogP contribution in [0.3, 0.4) is 0 Å². The summed E-state index contributed by atoms with van der Waals surface area (Å²) in [4.78, 5) is 15.2. The Hall–Kier alpha value is -2.82. The van der Waals surface area contributed by atoms with Crippen LogP contribution in [0.15, 0.2) is 48.7 Å². The van der Waals surface area contributed by atoms with Crippen LogP contribution in [0.25, 0.3) is 6.08 Å². The Bertz CT molecular complexity index is 679. The number of hydrogen-bond acceptors (Lipinski definition) is 4. The predicted molar refractivity (Wildman–Crippen MR) is 94.2 cm³/mol. The maximum atomic E-state index is 11.0. The SMILES string of the molecule is CCOc1ccc(Oc2ccc(C=C[C@H](C)NC(C)=O)cn2)cc1. The second kappa shape index (κ2) is 8.72. The lowest BCUT2D eigenvalue weighted by Crippen LogP contribution is -2.28. The second-order valence-corrected chi connectivity index (χ2v) is 5.28. The van der Waals surface area contributed by atoms with Crippen LogP contribution in [-0.2, 0) is 4.79 Å². The average Bonchev–Trinajstić information content (AvgIpc) is 2.56. The van der Waals surface area contributed by atoms with Gasteiger partial charge in [-0.05, 0) is 49.7 Å². The lowest BCUT2D eigenvalue weighted by molar-refractivity contribution is -0.119. The third-order valence-corrected chi connectivity index (χ3v) is 3.12. The summed E-state index contributed by atoms with van der Waals surface area (Å²) < 4.78 is 11.1. The summed E-state index contributed by atoms with van der Waals surface area (Å²) in [7, 11) is 0. The molecule has 0 aliphatic carbocycles. The fraction of sp³-hybridized carbons (Fsp3) is 0.263. The van der Waals surface area contributed by atoms with Crippen molar-refractivity contribution in [1.82, 2.24) is 10.3 Å². The third kappa shape index (κ3) is 5.76. The maximum Gasteiger partial charge on any atom is 0.219 e. The fourth-order valence-corrected chi connectivity index (χ4v) is 2.07. The zero-order chi connectivity index (χ0) is 17.4. The highest BCUT2D eigenvalue weighted by molar-refractivity contribution is 5.73. The maximum absolute atomic E-state index is 11.0. The molecule has 0 radical (unpaired) electrons. The van der Waals surface area contributed by atoms with E-state index in [9.17, 15) is 4.79 Å². The lowest BCUT2D eigenvalue weighted by atomic mass is 10.2. The molecule has 0 spiro atoms. The highest BCUT2D eigenvalue weighted by Crippen LogP contribution is 2.22. The van der Waals surface area contributed by atoms with E-state index in [1.165, 1.54) is 6.92 Å². The minimum atomic E-state index is -0.0515. The zero-order valence-corrected chi connectivity index (χ0v) is 14.2. The van der Waals surface area contributed by atoms with Crippen molar-refractivity contribution in [3.8, 4) is 17.4 Å².